The van der Waals surface area contributed by atoms with Crippen molar-refractivity contribution in [3.63, 3.8) is 0 Å². The van der Waals surface area contributed by atoms with Crippen molar-refractivity contribution in [2.45, 2.75) is 13.3 Å². The molecule has 1 aromatic rings. The fraction of sp³-hybridized carbons (Fsp3) is 0.389. The van der Waals surface area contributed by atoms with Gasteiger partial charge in [-0.1, -0.05) is 12.2 Å². The van der Waals surface area contributed by atoms with E-state index in [-0.39, 0.29) is 35.5 Å². The highest BCUT2D eigenvalue weighted by Crippen LogP contribution is 2.52. The van der Waals surface area contributed by atoms with Crippen molar-refractivity contribution in [1.82, 2.24) is 5.01 Å². The van der Waals surface area contributed by atoms with E-state index in [1.54, 1.807) is 6.21 Å². The minimum atomic E-state index is -0.204. The Bertz CT molecular complexity index is 744. The Kier molecular flexibility index (Phi) is 3.94. The maximum absolute atomic E-state index is 12.6. The molecule has 4 rings (SSSR count). The zero-order valence-electron chi connectivity index (χ0n) is 13.2. The number of halogens is 1. The van der Waals surface area contributed by atoms with Gasteiger partial charge in [-0.25, -0.2) is 0 Å². The Balaban J connectivity index is 1.54. The Morgan fingerprint density at radius 3 is 2.50 bits per heavy atom. The van der Waals surface area contributed by atoms with Gasteiger partial charge in [-0.05, 0) is 71.5 Å². The Morgan fingerprint density at radius 2 is 1.92 bits per heavy atom. The van der Waals surface area contributed by atoms with Gasteiger partial charge in [0.05, 0.1) is 28.2 Å². The van der Waals surface area contributed by atoms with Crippen molar-refractivity contribution >= 4 is 40.6 Å². The van der Waals surface area contributed by atoms with E-state index < -0.39 is 0 Å². The van der Waals surface area contributed by atoms with Crippen LogP contribution in [0.15, 0.2) is 35.5 Å². The van der Waals surface area contributed by atoms with Gasteiger partial charge in [0.2, 0.25) is 0 Å². The minimum Gasteiger partial charge on any atom is -0.493 e. The number of benzene rings is 1. The first-order chi connectivity index (χ1) is 11.6. The third-order valence-electron chi connectivity index (χ3n) is 5.03. The van der Waals surface area contributed by atoms with Crippen LogP contribution in [0, 0.1) is 27.2 Å². The smallest absolute Gasteiger partial charge is 0.254 e. The zero-order valence-corrected chi connectivity index (χ0v) is 15.3. The maximum atomic E-state index is 12.6. The average Bonchev–Trinajstić information content (AvgIpc) is 3.23. The normalized spacial score (nSPS) is 30.7. The third kappa shape index (κ3) is 2.39. The second-order valence-electron chi connectivity index (χ2n) is 6.36. The molecule has 1 aromatic carbocycles. The number of imide groups is 1. The molecule has 1 aliphatic heterocycles. The summed E-state index contributed by atoms with van der Waals surface area (Å²) in [5, 5.41) is 5.26. The minimum absolute atomic E-state index is 0.154. The van der Waals surface area contributed by atoms with Gasteiger partial charge < -0.3 is 4.74 Å². The monoisotopic (exact) mass is 436 g/mol. The van der Waals surface area contributed by atoms with E-state index in [4.69, 9.17) is 4.74 Å². The quantitative estimate of drug-likeness (QED) is 0.316. The number of carbonyl (C=O) groups is 2. The lowest BCUT2D eigenvalue weighted by Gasteiger charge is -2.13. The van der Waals surface area contributed by atoms with Gasteiger partial charge in [0, 0.05) is 0 Å². The molecule has 2 aliphatic carbocycles. The zero-order chi connectivity index (χ0) is 16.8. The SMILES string of the molecule is CCOc1ccc(C=NN2C(=O)C3C4C=CC(C4)C3C2=O)cc1I. The number of amides is 2. The molecule has 0 N–H and O–H groups in total. The lowest BCUT2D eigenvalue weighted by molar-refractivity contribution is -0.140. The lowest BCUT2D eigenvalue weighted by atomic mass is 9.85. The Morgan fingerprint density at radius 1 is 1.25 bits per heavy atom. The van der Waals surface area contributed by atoms with Crippen molar-refractivity contribution in [2.75, 3.05) is 6.61 Å². The van der Waals surface area contributed by atoms with Gasteiger partial charge in [-0.15, -0.1) is 0 Å². The molecule has 124 valence electrons. The third-order valence-corrected chi connectivity index (χ3v) is 5.87. The van der Waals surface area contributed by atoms with Gasteiger partial charge in [0.1, 0.15) is 5.75 Å². The molecule has 0 spiro atoms. The average molecular weight is 436 g/mol. The van der Waals surface area contributed by atoms with E-state index in [9.17, 15) is 9.59 Å². The summed E-state index contributed by atoms with van der Waals surface area (Å²) in [5.41, 5.74) is 0.835. The summed E-state index contributed by atoms with van der Waals surface area (Å²) in [4.78, 5) is 25.1. The predicted molar refractivity (Wildman–Crippen MR) is 97.5 cm³/mol. The first-order valence-corrected chi connectivity index (χ1v) is 9.20. The summed E-state index contributed by atoms with van der Waals surface area (Å²) < 4.78 is 6.48. The molecule has 4 unspecified atom stereocenters. The fourth-order valence-electron chi connectivity index (χ4n) is 3.99. The highest BCUT2D eigenvalue weighted by molar-refractivity contribution is 14.1. The number of hydrazone groups is 1. The summed E-state index contributed by atoms with van der Waals surface area (Å²) in [6.07, 6.45) is 6.67. The van der Waals surface area contributed by atoms with Crippen LogP contribution >= 0.6 is 22.6 Å². The number of hydrogen-bond acceptors (Lipinski definition) is 4. The van der Waals surface area contributed by atoms with Crippen LogP contribution in [0.1, 0.15) is 18.9 Å². The summed E-state index contributed by atoms with van der Waals surface area (Å²) in [5.74, 6) is 0.527. The van der Waals surface area contributed by atoms with E-state index in [0.29, 0.717) is 6.61 Å². The summed E-state index contributed by atoms with van der Waals surface area (Å²) in [7, 11) is 0. The Hall–Kier alpha value is -1.70. The summed E-state index contributed by atoms with van der Waals surface area (Å²) >= 11 is 2.20. The predicted octanol–water partition coefficient (Wildman–Crippen LogP) is 2.83. The number of fused-ring (bicyclic) bond motifs is 5. The van der Waals surface area contributed by atoms with Crippen LogP contribution in [0.2, 0.25) is 0 Å². The highest BCUT2D eigenvalue weighted by atomic mass is 127. The molecule has 4 atom stereocenters. The topological polar surface area (TPSA) is 59.0 Å². The van der Waals surface area contributed by atoms with E-state index >= 15 is 0 Å². The first-order valence-electron chi connectivity index (χ1n) is 8.12. The molecule has 2 bridgehead atoms. The van der Waals surface area contributed by atoms with E-state index in [1.165, 1.54) is 0 Å². The van der Waals surface area contributed by atoms with Gasteiger partial charge in [-0.3, -0.25) is 9.59 Å². The fourth-order valence-corrected chi connectivity index (χ4v) is 4.69. The van der Waals surface area contributed by atoms with Gasteiger partial charge in [0.15, 0.2) is 0 Å². The van der Waals surface area contributed by atoms with Crippen LogP contribution in [0.4, 0.5) is 0 Å². The number of rotatable bonds is 4. The number of hydrogen-bond donors (Lipinski definition) is 0. The van der Waals surface area contributed by atoms with Crippen molar-refractivity contribution in [2.24, 2.45) is 28.8 Å². The standard InChI is InChI=1S/C18H17IN2O3/c1-2-24-14-6-3-10(7-13(14)19)9-20-21-17(22)15-11-4-5-12(8-11)16(15)18(21)23/h3-7,9,11-12,15-16H,2,8H2,1H3. The highest BCUT2D eigenvalue weighted by Gasteiger charge is 2.59. The number of carbonyl (C=O) groups excluding carboxylic acids is 2. The van der Waals surface area contributed by atoms with E-state index in [0.717, 1.165) is 26.3 Å². The number of ether oxygens (including phenoxy) is 1. The lowest BCUT2D eigenvalue weighted by Crippen LogP contribution is -2.28. The summed E-state index contributed by atoms with van der Waals surface area (Å²) in [6.45, 7) is 2.55. The molecular formula is C18H17IN2O3. The first kappa shape index (κ1) is 15.8. The van der Waals surface area contributed by atoms with Crippen molar-refractivity contribution in [1.29, 1.82) is 0 Å². The molecule has 2 amide bonds. The van der Waals surface area contributed by atoms with Crippen LogP contribution in [0.3, 0.4) is 0 Å². The van der Waals surface area contributed by atoms with Crippen LogP contribution in [-0.2, 0) is 9.59 Å². The van der Waals surface area contributed by atoms with Crippen molar-refractivity contribution in [3.05, 3.63) is 39.5 Å². The summed E-state index contributed by atoms with van der Waals surface area (Å²) in [6, 6.07) is 5.67. The molecule has 3 aliphatic rings. The van der Waals surface area contributed by atoms with Crippen LogP contribution in [0.25, 0.3) is 0 Å². The van der Waals surface area contributed by atoms with E-state index in [1.807, 2.05) is 25.1 Å². The van der Waals surface area contributed by atoms with Gasteiger partial charge in [0.25, 0.3) is 11.8 Å². The largest absolute Gasteiger partial charge is 0.493 e. The Labute approximate surface area is 153 Å². The molecule has 6 heteroatoms. The van der Waals surface area contributed by atoms with E-state index in [2.05, 4.69) is 39.8 Å². The van der Waals surface area contributed by atoms with Crippen molar-refractivity contribution in [3.8, 4) is 5.75 Å². The second kappa shape index (κ2) is 5.98. The maximum Gasteiger partial charge on any atom is 0.254 e. The molecule has 1 saturated carbocycles. The number of allylic oxidation sites excluding steroid dienone is 2. The second-order valence-corrected chi connectivity index (χ2v) is 7.52. The molecule has 0 radical (unpaired) electrons. The molecule has 5 nitrogen and oxygen atoms in total. The van der Waals surface area contributed by atoms with Gasteiger partial charge >= 0.3 is 0 Å². The van der Waals surface area contributed by atoms with Crippen LogP contribution < -0.4 is 4.74 Å². The molecule has 1 saturated heterocycles. The molecular weight excluding hydrogens is 419 g/mol. The molecule has 2 fully saturated rings. The molecule has 24 heavy (non-hydrogen) atoms. The molecule has 1 heterocycles. The van der Waals surface area contributed by atoms with Crippen molar-refractivity contribution < 1.29 is 14.3 Å². The number of nitrogens with zero attached hydrogens (tertiary/aromatic N) is 2. The van der Waals surface area contributed by atoms with Gasteiger partial charge in [-0.2, -0.15) is 10.1 Å². The van der Waals surface area contributed by atoms with Crippen LogP contribution in [0.5, 0.6) is 5.75 Å². The van der Waals surface area contributed by atoms with Crippen LogP contribution in [-0.4, -0.2) is 29.6 Å². The molecule has 0 aromatic heterocycles.